The highest BCUT2D eigenvalue weighted by molar-refractivity contribution is 5.76. The van der Waals surface area contributed by atoms with Crippen molar-refractivity contribution in [3.8, 4) is 0 Å². The minimum atomic E-state index is 0.190. The van der Waals surface area contributed by atoms with Gasteiger partial charge in [0.2, 0.25) is 5.91 Å². The van der Waals surface area contributed by atoms with E-state index in [9.17, 15) is 4.79 Å². The predicted molar refractivity (Wildman–Crippen MR) is 62.4 cm³/mol. The van der Waals surface area contributed by atoms with Crippen LogP contribution >= 0.6 is 0 Å². The van der Waals surface area contributed by atoms with E-state index >= 15 is 0 Å². The first kappa shape index (κ1) is 12.5. The normalized spacial score (nSPS) is 26.7. The van der Waals surface area contributed by atoms with Crippen LogP contribution in [0, 0.1) is 11.8 Å². The molecule has 15 heavy (non-hydrogen) atoms. The Morgan fingerprint density at radius 2 is 2.07 bits per heavy atom. The number of hydrogen-bond acceptors (Lipinski definition) is 2. The minimum absolute atomic E-state index is 0.190. The zero-order chi connectivity index (χ0) is 11.3. The monoisotopic (exact) mass is 212 g/mol. The molecule has 1 saturated carbocycles. The molecule has 0 radical (unpaired) electrons. The van der Waals surface area contributed by atoms with Crippen molar-refractivity contribution < 1.29 is 4.79 Å². The smallest absolute Gasteiger partial charge is 0.220 e. The van der Waals surface area contributed by atoms with Gasteiger partial charge in [-0.3, -0.25) is 4.79 Å². The fraction of sp³-hybridized carbons (Fsp3) is 0.917. The molecule has 3 nitrogen and oxygen atoms in total. The Balaban J connectivity index is 2.37. The van der Waals surface area contributed by atoms with Gasteiger partial charge in [0.15, 0.2) is 0 Å². The maximum atomic E-state index is 11.6. The third-order valence-corrected chi connectivity index (χ3v) is 3.15. The Labute approximate surface area is 92.8 Å². The van der Waals surface area contributed by atoms with Gasteiger partial charge in [0.1, 0.15) is 0 Å². The van der Waals surface area contributed by atoms with Gasteiger partial charge in [-0.25, -0.2) is 0 Å². The largest absolute Gasteiger partial charge is 0.353 e. The highest BCUT2D eigenvalue weighted by atomic mass is 16.1. The van der Waals surface area contributed by atoms with E-state index in [1.165, 1.54) is 19.3 Å². The van der Waals surface area contributed by atoms with Gasteiger partial charge >= 0.3 is 0 Å². The third kappa shape index (κ3) is 4.20. The van der Waals surface area contributed by atoms with Gasteiger partial charge in [-0.05, 0) is 31.2 Å². The molecule has 0 saturated heterocycles. The molecular formula is C12H24N2O. The van der Waals surface area contributed by atoms with E-state index in [1.54, 1.807) is 0 Å². The van der Waals surface area contributed by atoms with E-state index in [2.05, 4.69) is 19.2 Å². The van der Waals surface area contributed by atoms with Crippen molar-refractivity contribution in [1.82, 2.24) is 5.32 Å². The first-order valence-electron chi connectivity index (χ1n) is 6.13. The maximum Gasteiger partial charge on any atom is 0.220 e. The molecular weight excluding hydrogens is 188 g/mol. The van der Waals surface area contributed by atoms with Crippen molar-refractivity contribution >= 4 is 5.91 Å². The van der Waals surface area contributed by atoms with Gasteiger partial charge in [0.25, 0.3) is 0 Å². The predicted octanol–water partition coefficient (Wildman–Crippen LogP) is 1.67. The quantitative estimate of drug-likeness (QED) is 0.744. The van der Waals surface area contributed by atoms with Crippen LogP contribution < -0.4 is 11.1 Å². The molecule has 3 N–H and O–H groups in total. The van der Waals surface area contributed by atoms with E-state index in [1.807, 2.05) is 0 Å². The number of nitrogens with one attached hydrogen (secondary N) is 1. The molecule has 0 aromatic heterocycles. The zero-order valence-electron chi connectivity index (χ0n) is 9.96. The second-order valence-electron chi connectivity index (χ2n) is 5.05. The van der Waals surface area contributed by atoms with Crippen LogP contribution in [0.15, 0.2) is 0 Å². The van der Waals surface area contributed by atoms with Crippen molar-refractivity contribution in [2.45, 2.75) is 52.0 Å². The molecule has 0 aliphatic heterocycles. The Morgan fingerprint density at radius 1 is 1.40 bits per heavy atom. The standard InChI is InChI=1S/C12H24N2O/c1-9(2)7-12(15)14-11-6-4-3-5-10(11)8-13/h9-11H,3-8,13H2,1-2H3,(H,14,15). The lowest BCUT2D eigenvalue weighted by molar-refractivity contribution is -0.123. The van der Waals surface area contributed by atoms with Crippen LogP contribution in [-0.2, 0) is 4.79 Å². The van der Waals surface area contributed by atoms with Crippen molar-refractivity contribution in [1.29, 1.82) is 0 Å². The molecule has 0 aromatic carbocycles. The maximum absolute atomic E-state index is 11.6. The topological polar surface area (TPSA) is 55.1 Å². The van der Waals surface area contributed by atoms with Gasteiger partial charge in [-0.1, -0.05) is 26.7 Å². The molecule has 1 rings (SSSR count). The van der Waals surface area contributed by atoms with Crippen LogP contribution in [0.25, 0.3) is 0 Å². The van der Waals surface area contributed by atoms with Gasteiger partial charge in [-0.2, -0.15) is 0 Å². The average molecular weight is 212 g/mol. The third-order valence-electron chi connectivity index (χ3n) is 3.15. The second kappa shape index (κ2) is 6.11. The second-order valence-corrected chi connectivity index (χ2v) is 5.05. The Bertz CT molecular complexity index is 204. The summed E-state index contributed by atoms with van der Waals surface area (Å²) in [5, 5.41) is 3.13. The highest BCUT2D eigenvalue weighted by Crippen LogP contribution is 2.23. The van der Waals surface area contributed by atoms with E-state index in [-0.39, 0.29) is 5.91 Å². The number of hydrogen-bond donors (Lipinski definition) is 2. The lowest BCUT2D eigenvalue weighted by Gasteiger charge is -2.31. The molecule has 1 amide bonds. The van der Waals surface area contributed by atoms with E-state index in [0.717, 1.165) is 6.42 Å². The van der Waals surface area contributed by atoms with E-state index in [0.29, 0.717) is 30.8 Å². The van der Waals surface area contributed by atoms with Crippen LogP contribution in [0.1, 0.15) is 46.0 Å². The number of carbonyl (C=O) groups excluding carboxylic acids is 1. The van der Waals surface area contributed by atoms with Crippen molar-refractivity contribution in [2.75, 3.05) is 6.54 Å². The Hall–Kier alpha value is -0.570. The summed E-state index contributed by atoms with van der Waals surface area (Å²) in [7, 11) is 0. The molecule has 0 bridgehead atoms. The summed E-state index contributed by atoms with van der Waals surface area (Å²) < 4.78 is 0. The average Bonchev–Trinajstić information content (AvgIpc) is 2.17. The molecule has 88 valence electrons. The van der Waals surface area contributed by atoms with E-state index < -0.39 is 0 Å². The fourth-order valence-corrected chi connectivity index (χ4v) is 2.32. The first-order valence-corrected chi connectivity index (χ1v) is 6.13. The summed E-state index contributed by atoms with van der Waals surface area (Å²) in [5.41, 5.74) is 5.72. The summed E-state index contributed by atoms with van der Waals surface area (Å²) >= 11 is 0. The highest BCUT2D eigenvalue weighted by Gasteiger charge is 2.25. The molecule has 0 heterocycles. The minimum Gasteiger partial charge on any atom is -0.353 e. The Kier molecular flexibility index (Phi) is 5.09. The molecule has 2 atom stereocenters. The van der Waals surface area contributed by atoms with Crippen molar-refractivity contribution in [2.24, 2.45) is 17.6 Å². The molecule has 1 fully saturated rings. The summed E-state index contributed by atoms with van der Waals surface area (Å²) in [6.45, 7) is 4.84. The lowest BCUT2D eigenvalue weighted by atomic mass is 9.84. The van der Waals surface area contributed by atoms with Crippen molar-refractivity contribution in [3.05, 3.63) is 0 Å². The van der Waals surface area contributed by atoms with Gasteiger partial charge in [0.05, 0.1) is 0 Å². The van der Waals surface area contributed by atoms with Crippen molar-refractivity contribution in [3.63, 3.8) is 0 Å². The first-order chi connectivity index (χ1) is 7.13. The van der Waals surface area contributed by atoms with Crippen LogP contribution in [0.5, 0.6) is 0 Å². The van der Waals surface area contributed by atoms with Crippen LogP contribution in [-0.4, -0.2) is 18.5 Å². The zero-order valence-corrected chi connectivity index (χ0v) is 9.96. The number of rotatable bonds is 4. The summed E-state index contributed by atoms with van der Waals surface area (Å²) in [4.78, 5) is 11.6. The number of amides is 1. The fourth-order valence-electron chi connectivity index (χ4n) is 2.32. The summed E-state index contributed by atoms with van der Waals surface area (Å²) in [6, 6.07) is 0.329. The molecule has 1 aliphatic carbocycles. The summed E-state index contributed by atoms with van der Waals surface area (Å²) in [5.74, 6) is 1.12. The molecule has 3 heteroatoms. The van der Waals surface area contributed by atoms with Gasteiger partial charge in [0, 0.05) is 12.5 Å². The van der Waals surface area contributed by atoms with Crippen LogP contribution in [0.3, 0.4) is 0 Å². The van der Waals surface area contributed by atoms with Gasteiger partial charge < -0.3 is 11.1 Å². The van der Waals surface area contributed by atoms with E-state index in [4.69, 9.17) is 5.73 Å². The molecule has 1 aliphatic rings. The molecule has 0 aromatic rings. The molecule has 0 spiro atoms. The number of nitrogens with two attached hydrogens (primary N) is 1. The SMILES string of the molecule is CC(C)CC(=O)NC1CCCCC1CN. The Morgan fingerprint density at radius 3 is 2.67 bits per heavy atom. The van der Waals surface area contributed by atoms with Crippen LogP contribution in [0.4, 0.5) is 0 Å². The van der Waals surface area contributed by atoms with Gasteiger partial charge in [-0.15, -0.1) is 0 Å². The summed E-state index contributed by atoms with van der Waals surface area (Å²) in [6.07, 6.45) is 5.39. The lowest BCUT2D eigenvalue weighted by Crippen LogP contribution is -2.44. The number of carbonyl (C=O) groups is 1. The molecule has 2 unspecified atom stereocenters. The van der Waals surface area contributed by atoms with Crippen LogP contribution in [0.2, 0.25) is 0 Å².